The molecule has 0 aromatic heterocycles. The van der Waals surface area contributed by atoms with Gasteiger partial charge >= 0.3 is 0 Å². The van der Waals surface area contributed by atoms with Crippen molar-refractivity contribution in [2.45, 2.75) is 76.5 Å². The molecule has 18 heavy (non-hydrogen) atoms. The first-order chi connectivity index (χ1) is 8.77. The second-order valence-corrected chi connectivity index (χ2v) is 10.4. The second kappa shape index (κ2) is 7.83. The average molecular weight is 285 g/mol. The lowest BCUT2D eigenvalue weighted by Crippen LogP contribution is -2.42. The van der Waals surface area contributed by atoms with Gasteiger partial charge < -0.3 is 9.13 Å². The third-order valence-electron chi connectivity index (χ3n) is 5.02. The minimum atomic E-state index is 0.0960. The van der Waals surface area contributed by atoms with E-state index in [1.165, 1.54) is 51.6 Å². The maximum absolute atomic E-state index is 2.87. The molecule has 0 bridgehead atoms. The quantitative estimate of drug-likeness (QED) is 0.560. The van der Waals surface area contributed by atoms with E-state index in [1.54, 1.807) is 12.1 Å². The number of piperidine rings is 2. The molecule has 0 N–H and O–H groups in total. The van der Waals surface area contributed by atoms with Gasteiger partial charge in [0.2, 0.25) is 0 Å². The summed E-state index contributed by atoms with van der Waals surface area (Å²) in [4.78, 5) is 0. The summed E-state index contributed by atoms with van der Waals surface area (Å²) in [6, 6.07) is 5.03. The Morgan fingerprint density at radius 2 is 1.22 bits per heavy atom. The highest BCUT2D eigenvalue weighted by molar-refractivity contribution is 6.38. The molecule has 2 aliphatic heterocycles. The van der Waals surface area contributed by atoms with Crippen LogP contribution >= 0.6 is 0 Å². The van der Waals surface area contributed by atoms with Crippen LogP contribution in [0.4, 0.5) is 0 Å². The van der Waals surface area contributed by atoms with Crippen LogP contribution < -0.4 is 0 Å². The van der Waals surface area contributed by atoms with Crippen LogP contribution in [0.15, 0.2) is 0 Å². The molecule has 0 aromatic rings. The fraction of sp³-hybridized carbons (Fsp3) is 1.00. The van der Waals surface area contributed by atoms with Gasteiger partial charge in [-0.25, -0.2) is 0 Å². The van der Waals surface area contributed by atoms with Crippen molar-refractivity contribution in [1.29, 1.82) is 0 Å². The molecular weight excluding hydrogens is 252 g/mol. The summed E-state index contributed by atoms with van der Waals surface area (Å²) in [5, 5.41) is 0. The predicted molar refractivity (Wildman–Crippen MR) is 86.7 cm³/mol. The van der Waals surface area contributed by atoms with Crippen LogP contribution in [0.5, 0.6) is 0 Å². The van der Waals surface area contributed by atoms with Crippen LogP contribution in [0.2, 0.25) is 12.1 Å². The number of rotatable bonds is 5. The summed E-state index contributed by atoms with van der Waals surface area (Å²) in [5.74, 6) is 0. The lowest BCUT2D eigenvalue weighted by Gasteiger charge is -2.35. The zero-order valence-corrected chi connectivity index (χ0v) is 15.4. The summed E-state index contributed by atoms with van der Waals surface area (Å²) in [6.45, 7) is 7.76. The third-order valence-corrected chi connectivity index (χ3v) is 10.7. The number of nitrogens with zero attached hydrogens (tertiary/aromatic N) is 2. The van der Waals surface area contributed by atoms with Gasteiger partial charge in [-0.3, -0.25) is 0 Å². The number of hydrogen-bond donors (Lipinski definition) is 0. The van der Waals surface area contributed by atoms with Crippen LogP contribution in [-0.4, -0.2) is 53.7 Å². The van der Waals surface area contributed by atoms with E-state index in [9.17, 15) is 0 Å². The summed E-state index contributed by atoms with van der Waals surface area (Å²) < 4.78 is 5.75. The fourth-order valence-corrected chi connectivity index (χ4v) is 8.35. The van der Waals surface area contributed by atoms with Gasteiger partial charge in [0.05, 0.1) is 19.4 Å². The SMILES string of the molecule is CC1CCCCN1[SiH2]CC[SiH2]N1CCCCC1C. The minimum absolute atomic E-state index is 0.0960. The standard InChI is InChI=1S/C14H32N2Si2/c1-13-7-3-5-9-15(13)17-11-12-18-16-10-6-4-8-14(16)2/h13-14H,3-12,17-18H2,1-2H3. The predicted octanol–water partition coefficient (Wildman–Crippen LogP) is 1.74. The van der Waals surface area contributed by atoms with Crippen molar-refractivity contribution in [3.63, 3.8) is 0 Å². The summed E-state index contributed by atoms with van der Waals surface area (Å²) >= 11 is 0. The molecule has 106 valence electrons. The molecule has 2 atom stereocenters. The Bertz CT molecular complexity index is 214. The maximum atomic E-state index is 2.87. The van der Waals surface area contributed by atoms with Crippen LogP contribution in [0.25, 0.3) is 0 Å². The molecule has 0 spiro atoms. The summed E-state index contributed by atoms with van der Waals surface area (Å²) in [7, 11) is 0.192. The van der Waals surface area contributed by atoms with Gasteiger partial charge in [0.25, 0.3) is 0 Å². The van der Waals surface area contributed by atoms with E-state index in [4.69, 9.17) is 0 Å². The van der Waals surface area contributed by atoms with Gasteiger partial charge in [0, 0.05) is 0 Å². The molecule has 2 unspecified atom stereocenters. The zero-order valence-electron chi connectivity index (χ0n) is 12.5. The van der Waals surface area contributed by atoms with Gasteiger partial charge in [-0.1, -0.05) is 38.8 Å². The molecule has 2 nitrogen and oxygen atoms in total. The Morgan fingerprint density at radius 3 is 1.61 bits per heavy atom. The van der Waals surface area contributed by atoms with Crippen molar-refractivity contribution in [2.24, 2.45) is 0 Å². The molecule has 0 radical (unpaired) electrons. The highest BCUT2D eigenvalue weighted by Gasteiger charge is 2.19. The molecule has 4 heteroatoms. The van der Waals surface area contributed by atoms with Gasteiger partial charge in [0.1, 0.15) is 0 Å². The Morgan fingerprint density at radius 1 is 0.778 bits per heavy atom. The van der Waals surface area contributed by atoms with E-state index in [1.807, 2.05) is 0 Å². The van der Waals surface area contributed by atoms with E-state index >= 15 is 0 Å². The van der Waals surface area contributed by atoms with Crippen molar-refractivity contribution in [3.05, 3.63) is 0 Å². The lowest BCUT2D eigenvalue weighted by atomic mass is 10.1. The molecule has 2 heterocycles. The van der Waals surface area contributed by atoms with Crippen LogP contribution in [-0.2, 0) is 0 Å². The highest BCUT2D eigenvalue weighted by atomic mass is 28.2. The normalized spacial score (nSPS) is 33.0. The Balaban J connectivity index is 1.57. The molecule has 2 saturated heterocycles. The van der Waals surface area contributed by atoms with Gasteiger partial charge in [-0.15, -0.1) is 0 Å². The smallest absolute Gasteiger partial charge is 0.0951 e. The van der Waals surface area contributed by atoms with Gasteiger partial charge in [-0.05, 0) is 50.9 Å². The Hall–Kier alpha value is 0.354. The van der Waals surface area contributed by atoms with Gasteiger partial charge in [0.15, 0.2) is 0 Å². The van der Waals surface area contributed by atoms with E-state index in [-0.39, 0.29) is 19.4 Å². The van der Waals surface area contributed by atoms with E-state index in [0.717, 1.165) is 12.1 Å². The Kier molecular flexibility index (Phi) is 6.42. The topological polar surface area (TPSA) is 6.48 Å². The highest BCUT2D eigenvalue weighted by Crippen LogP contribution is 2.18. The average Bonchev–Trinajstić information content (AvgIpc) is 2.38. The first kappa shape index (κ1) is 14.8. The minimum Gasteiger partial charge on any atom is -0.327 e. The molecule has 0 amide bonds. The second-order valence-electron chi connectivity index (χ2n) is 6.47. The molecule has 2 rings (SSSR count). The monoisotopic (exact) mass is 284 g/mol. The third kappa shape index (κ3) is 4.47. The van der Waals surface area contributed by atoms with Crippen molar-refractivity contribution < 1.29 is 0 Å². The molecule has 2 fully saturated rings. The van der Waals surface area contributed by atoms with E-state index in [2.05, 4.69) is 23.0 Å². The molecule has 0 aromatic carbocycles. The summed E-state index contributed by atoms with van der Waals surface area (Å²) in [5.41, 5.74) is 0. The van der Waals surface area contributed by atoms with Gasteiger partial charge in [-0.2, -0.15) is 0 Å². The molecule has 0 saturated carbocycles. The number of hydrogen-bond acceptors (Lipinski definition) is 2. The van der Waals surface area contributed by atoms with Crippen LogP contribution in [0.3, 0.4) is 0 Å². The molecular formula is C14H32N2Si2. The zero-order chi connectivity index (χ0) is 12.8. The van der Waals surface area contributed by atoms with Crippen molar-refractivity contribution in [3.8, 4) is 0 Å². The van der Waals surface area contributed by atoms with Crippen molar-refractivity contribution in [1.82, 2.24) is 9.13 Å². The molecule has 0 aliphatic carbocycles. The largest absolute Gasteiger partial charge is 0.327 e. The van der Waals surface area contributed by atoms with E-state index < -0.39 is 0 Å². The van der Waals surface area contributed by atoms with Crippen LogP contribution in [0.1, 0.15) is 52.4 Å². The lowest BCUT2D eigenvalue weighted by molar-refractivity contribution is 0.271. The maximum Gasteiger partial charge on any atom is 0.0951 e. The Labute approximate surface area is 118 Å². The summed E-state index contributed by atoms with van der Waals surface area (Å²) in [6.07, 6.45) is 8.83. The fourth-order valence-electron chi connectivity index (χ4n) is 3.61. The van der Waals surface area contributed by atoms with Crippen molar-refractivity contribution >= 4 is 19.4 Å². The van der Waals surface area contributed by atoms with Crippen molar-refractivity contribution in [2.75, 3.05) is 13.1 Å². The first-order valence-corrected chi connectivity index (χ1v) is 11.5. The first-order valence-electron chi connectivity index (χ1n) is 8.25. The van der Waals surface area contributed by atoms with E-state index in [0.29, 0.717) is 0 Å². The molecule has 2 aliphatic rings. The van der Waals surface area contributed by atoms with Crippen LogP contribution in [0, 0.1) is 0 Å².